The van der Waals surface area contributed by atoms with Gasteiger partial charge in [-0.25, -0.2) is 0 Å². The molecule has 4 fully saturated rings. The van der Waals surface area contributed by atoms with E-state index in [-0.39, 0.29) is 12.5 Å². The Morgan fingerprint density at radius 2 is 1.64 bits per heavy atom. The number of amides is 1. The fourth-order valence-electron chi connectivity index (χ4n) is 5.51. The highest BCUT2D eigenvalue weighted by Gasteiger charge is 2.50. The second-order valence-corrected chi connectivity index (χ2v) is 7.80. The fraction of sp³-hybridized carbons (Fsp3) is 0.632. The van der Waals surface area contributed by atoms with E-state index in [9.17, 15) is 4.79 Å². The van der Waals surface area contributed by atoms with Crippen molar-refractivity contribution in [2.24, 2.45) is 23.2 Å². The largest absolute Gasteiger partial charge is 0.484 e. The van der Waals surface area contributed by atoms with Crippen molar-refractivity contribution in [1.29, 1.82) is 0 Å². The highest BCUT2D eigenvalue weighted by atomic mass is 16.5. The lowest BCUT2D eigenvalue weighted by Crippen LogP contribution is -2.51. The molecule has 0 unspecified atom stereocenters. The molecule has 1 aromatic rings. The summed E-state index contributed by atoms with van der Waals surface area (Å²) >= 11 is 0. The highest BCUT2D eigenvalue weighted by molar-refractivity contribution is 5.77. The molecule has 0 radical (unpaired) electrons. The lowest BCUT2D eigenvalue weighted by molar-refractivity contribution is -0.125. The molecule has 3 heteroatoms. The fourth-order valence-corrected chi connectivity index (χ4v) is 5.51. The number of hydrogen-bond acceptors (Lipinski definition) is 2. The van der Waals surface area contributed by atoms with Gasteiger partial charge in [0.2, 0.25) is 0 Å². The number of ether oxygens (including phenoxy) is 1. The summed E-state index contributed by atoms with van der Waals surface area (Å²) in [6.45, 7) is 0.976. The Balaban J connectivity index is 1.28. The molecule has 3 nitrogen and oxygen atoms in total. The van der Waals surface area contributed by atoms with E-state index < -0.39 is 0 Å². The lowest BCUT2D eigenvalue weighted by atomic mass is 9.49. The Labute approximate surface area is 132 Å². The second-order valence-electron chi connectivity index (χ2n) is 7.80. The average molecular weight is 299 g/mol. The van der Waals surface area contributed by atoms with Crippen LogP contribution < -0.4 is 10.1 Å². The number of carbonyl (C=O) groups excluding carboxylic acids is 1. The van der Waals surface area contributed by atoms with Crippen LogP contribution in [0.2, 0.25) is 0 Å². The van der Waals surface area contributed by atoms with Gasteiger partial charge in [0.15, 0.2) is 6.61 Å². The average Bonchev–Trinajstić information content (AvgIpc) is 2.51. The summed E-state index contributed by atoms with van der Waals surface area (Å²) in [5.74, 6) is 3.57. The molecule has 5 rings (SSSR count). The first-order valence-electron chi connectivity index (χ1n) is 8.65. The second kappa shape index (κ2) is 5.60. The van der Waals surface area contributed by atoms with Gasteiger partial charge >= 0.3 is 0 Å². The third-order valence-corrected chi connectivity index (χ3v) is 5.94. The van der Waals surface area contributed by atoms with Crippen LogP contribution in [0.3, 0.4) is 0 Å². The van der Waals surface area contributed by atoms with Gasteiger partial charge in [0.1, 0.15) is 5.75 Å². The van der Waals surface area contributed by atoms with Crippen molar-refractivity contribution in [3.05, 3.63) is 30.3 Å². The third-order valence-electron chi connectivity index (χ3n) is 5.94. The van der Waals surface area contributed by atoms with E-state index >= 15 is 0 Å². The Morgan fingerprint density at radius 1 is 1.05 bits per heavy atom. The van der Waals surface area contributed by atoms with Crippen molar-refractivity contribution in [1.82, 2.24) is 5.32 Å². The summed E-state index contributed by atoms with van der Waals surface area (Å²) in [6.07, 6.45) is 8.34. The summed E-state index contributed by atoms with van der Waals surface area (Å²) in [5, 5.41) is 3.15. The van der Waals surface area contributed by atoms with E-state index in [1.54, 1.807) is 0 Å². The predicted octanol–water partition coefficient (Wildman–Crippen LogP) is 3.40. The van der Waals surface area contributed by atoms with E-state index in [1.807, 2.05) is 30.3 Å². The van der Waals surface area contributed by atoms with Crippen LogP contribution in [0.1, 0.15) is 38.5 Å². The first kappa shape index (κ1) is 14.1. The Morgan fingerprint density at radius 3 is 2.23 bits per heavy atom. The van der Waals surface area contributed by atoms with Gasteiger partial charge in [0.25, 0.3) is 5.91 Å². The van der Waals surface area contributed by atoms with Crippen LogP contribution in [0, 0.1) is 23.2 Å². The van der Waals surface area contributed by atoms with Crippen LogP contribution >= 0.6 is 0 Å². The van der Waals surface area contributed by atoms with Gasteiger partial charge in [-0.15, -0.1) is 0 Å². The number of carbonyl (C=O) groups is 1. The van der Waals surface area contributed by atoms with Gasteiger partial charge in [-0.3, -0.25) is 4.79 Å². The number of rotatable bonds is 5. The van der Waals surface area contributed by atoms with Crippen LogP contribution in [0.15, 0.2) is 30.3 Å². The minimum absolute atomic E-state index is 0.0135. The number of hydrogen-bond donors (Lipinski definition) is 1. The van der Waals surface area contributed by atoms with E-state index in [1.165, 1.54) is 38.5 Å². The predicted molar refractivity (Wildman–Crippen MR) is 85.6 cm³/mol. The van der Waals surface area contributed by atoms with E-state index in [4.69, 9.17) is 4.74 Å². The molecule has 1 amide bonds. The maximum absolute atomic E-state index is 12.1. The normalized spacial score (nSPS) is 35.4. The van der Waals surface area contributed by atoms with Crippen molar-refractivity contribution in [3.63, 3.8) is 0 Å². The first-order valence-corrected chi connectivity index (χ1v) is 8.65. The molecule has 0 spiro atoms. The molecule has 1 aromatic carbocycles. The summed E-state index contributed by atoms with van der Waals surface area (Å²) in [5.41, 5.74) is 0.400. The van der Waals surface area contributed by atoms with Crippen molar-refractivity contribution >= 4 is 5.91 Å². The zero-order chi connectivity index (χ0) is 15.0. The summed E-state index contributed by atoms with van der Waals surface area (Å²) in [6, 6.07) is 9.55. The van der Waals surface area contributed by atoms with Gasteiger partial charge in [0.05, 0.1) is 0 Å². The number of benzene rings is 1. The monoisotopic (exact) mass is 299 g/mol. The molecule has 4 bridgehead atoms. The molecule has 0 aromatic heterocycles. The molecule has 0 atom stereocenters. The lowest BCUT2D eigenvalue weighted by Gasteiger charge is -2.56. The molecule has 0 saturated heterocycles. The standard InChI is InChI=1S/C19H25NO2/c21-18(12-22-17-4-2-1-3-5-17)20-13-19-9-14-6-15(10-19)8-16(7-14)11-19/h1-5,14-16H,6-13H2,(H,20,21). The molecule has 0 heterocycles. The highest BCUT2D eigenvalue weighted by Crippen LogP contribution is 2.59. The molecule has 4 aliphatic carbocycles. The van der Waals surface area contributed by atoms with Gasteiger partial charge < -0.3 is 10.1 Å². The smallest absolute Gasteiger partial charge is 0.257 e. The number of para-hydroxylation sites is 1. The molecular weight excluding hydrogens is 274 g/mol. The van der Waals surface area contributed by atoms with Crippen LogP contribution in [0.5, 0.6) is 5.75 Å². The SMILES string of the molecule is O=C(COc1ccccc1)NCC12CC3CC(CC(C3)C1)C2. The Hall–Kier alpha value is -1.51. The first-order chi connectivity index (χ1) is 10.7. The molecule has 4 aliphatic rings. The minimum Gasteiger partial charge on any atom is -0.484 e. The molecule has 22 heavy (non-hydrogen) atoms. The van der Waals surface area contributed by atoms with Crippen LogP contribution in [-0.2, 0) is 4.79 Å². The van der Waals surface area contributed by atoms with Gasteiger partial charge in [-0.2, -0.15) is 0 Å². The topological polar surface area (TPSA) is 38.3 Å². The zero-order valence-corrected chi connectivity index (χ0v) is 13.1. The number of nitrogens with one attached hydrogen (secondary N) is 1. The molecular formula is C19H25NO2. The van der Waals surface area contributed by atoms with Crippen LogP contribution in [0.25, 0.3) is 0 Å². The molecule has 4 saturated carbocycles. The van der Waals surface area contributed by atoms with Gasteiger partial charge in [-0.1, -0.05) is 18.2 Å². The summed E-state index contributed by atoms with van der Waals surface area (Å²) < 4.78 is 5.53. The van der Waals surface area contributed by atoms with Gasteiger partial charge in [0, 0.05) is 6.54 Å². The Kier molecular flexibility index (Phi) is 3.59. The maximum atomic E-state index is 12.1. The minimum atomic E-state index is 0.0135. The van der Waals surface area contributed by atoms with Crippen molar-refractivity contribution in [2.75, 3.05) is 13.2 Å². The molecule has 1 N–H and O–H groups in total. The summed E-state index contributed by atoms with van der Waals surface area (Å²) in [4.78, 5) is 12.1. The summed E-state index contributed by atoms with van der Waals surface area (Å²) in [7, 11) is 0. The van der Waals surface area contributed by atoms with E-state index in [0.717, 1.165) is 30.0 Å². The molecule has 0 aliphatic heterocycles. The van der Waals surface area contributed by atoms with Gasteiger partial charge in [-0.05, 0) is 73.8 Å². The Bertz CT molecular complexity index is 504. The van der Waals surface area contributed by atoms with Crippen LogP contribution in [-0.4, -0.2) is 19.1 Å². The third kappa shape index (κ3) is 2.86. The molecule has 118 valence electrons. The van der Waals surface area contributed by atoms with Crippen molar-refractivity contribution in [3.8, 4) is 5.75 Å². The van der Waals surface area contributed by atoms with Crippen molar-refractivity contribution in [2.45, 2.75) is 38.5 Å². The maximum Gasteiger partial charge on any atom is 0.257 e. The van der Waals surface area contributed by atoms with Crippen molar-refractivity contribution < 1.29 is 9.53 Å². The van der Waals surface area contributed by atoms with E-state index in [0.29, 0.717) is 5.41 Å². The van der Waals surface area contributed by atoms with E-state index in [2.05, 4.69) is 5.32 Å². The zero-order valence-electron chi connectivity index (χ0n) is 13.1. The van der Waals surface area contributed by atoms with Crippen LogP contribution in [0.4, 0.5) is 0 Å². The quantitative estimate of drug-likeness (QED) is 0.905.